The zero-order valence-corrected chi connectivity index (χ0v) is 18.0. The number of amides is 2. The zero-order chi connectivity index (χ0) is 23.0. The fourth-order valence-corrected chi connectivity index (χ4v) is 4.29. The van der Waals surface area contributed by atoms with Gasteiger partial charge in [0.1, 0.15) is 5.75 Å². The van der Waals surface area contributed by atoms with E-state index >= 15 is 0 Å². The number of nitro groups is 1. The maximum atomic E-state index is 13.3. The van der Waals surface area contributed by atoms with E-state index in [0.29, 0.717) is 31.0 Å². The maximum absolute atomic E-state index is 13.3. The molecule has 1 saturated heterocycles. The molecule has 0 N–H and O–H groups in total. The number of fused-ring (bicyclic) bond motifs is 1. The minimum atomic E-state index is -0.622. The van der Waals surface area contributed by atoms with Crippen LogP contribution >= 0.6 is 0 Å². The molecule has 0 saturated carbocycles. The lowest BCUT2D eigenvalue weighted by Crippen LogP contribution is -2.44. The smallest absolute Gasteiger partial charge is 0.273 e. The molecule has 4 rings (SSSR count). The Hall–Kier alpha value is -3.66. The number of ether oxygens (including phenoxy) is 3. The molecule has 1 fully saturated rings. The lowest BCUT2D eigenvalue weighted by atomic mass is 9.97. The Kier molecular flexibility index (Phi) is 5.70. The van der Waals surface area contributed by atoms with Crippen molar-refractivity contribution in [1.82, 2.24) is 4.90 Å². The highest BCUT2D eigenvalue weighted by Gasteiger charge is 2.44. The first kappa shape index (κ1) is 21.6. The molecule has 2 aliphatic rings. The Labute approximate surface area is 184 Å². The van der Waals surface area contributed by atoms with E-state index in [1.807, 2.05) is 17.0 Å². The van der Waals surface area contributed by atoms with Gasteiger partial charge in [0.2, 0.25) is 5.91 Å². The van der Waals surface area contributed by atoms with Crippen molar-refractivity contribution >= 4 is 23.2 Å². The SMILES string of the molecule is COc1cc2c(cc1OC)CN(C1CC(=O)N(c3ccc([N+](=O)[O-])cc3OC)C1=O)CC2. The third kappa shape index (κ3) is 3.62. The number of nitrogens with zero attached hydrogens (tertiary/aromatic N) is 3. The first-order valence-electron chi connectivity index (χ1n) is 10.0. The number of anilines is 1. The van der Waals surface area contributed by atoms with Crippen LogP contribution in [0.25, 0.3) is 0 Å². The average Bonchev–Trinajstić information content (AvgIpc) is 3.10. The Morgan fingerprint density at radius 1 is 0.969 bits per heavy atom. The maximum Gasteiger partial charge on any atom is 0.273 e. The van der Waals surface area contributed by atoms with Crippen LogP contribution in [0.2, 0.25) is 0 Å². The topological polar surface area (TPSA) is 111 Å². The van der Waals surface area contributed by atoms with Crippen molar-refractivity contribution in [2.45, 2.75) is 25.4 Å². The second-order valence-corrected chi connectivity index (χ2v) is 7.60. The molecule has 2 aromatic carbocycles. The second kappa shape index (κ2) is 8.46. The van der Waals surface area contributed by atoms with Gasteiger partial charge in [-0.15, -0.1) is 0 Å². The molecule has 10 heteroatoms. The lowest BCUT2D eigenvalue weighted by molar-refractivity contribution is -0.384. The number of nitro benzene ring substituents is 1. The van der Waals surface area contributed by atoms with Crippen molar-refractivity contribution < 1.29 is 28.7 Å². The summed E-state index contributed by atoms with van der Waals surface area (Å²) in [5, 5.41) is 11.1. The van der Waals surface area contributed by atoms with Crippen LogP contribution < -0.4 is 19.1 Å². The fourth-order valence-electron chi connectivity index (χ4n) is 4.29. The molecule has 1 atom stereocenters. The van der Waals surface area contributed by atoms with E-state index < -0.39 is 11.0 Å². The molecule has 32 heavy (non-hydrogen) atoms. The number of rotatable bonds is 6. The van der Waals surface area contributed by atoms with Gasteiger partial charge in [-0.05, 0) is 35.7 Å². The minimum Gasteiger partial charge on any atom is -0.494 e. The summed E-state index contributed by atoms with van der Waals surface area (Å²) >= 11 is 0. The quantitative estimate of drug-likeness (QED) is 0.381. The molecule has 0 aromatic heterocycles. The van der Waals surface area contributed by atoms with Gasteiger partial charge in [0.15, 0.2) is 11.5 Å². The minimum absolute atomic E-state index is 0.0294. The Bertz CT molecular complexity index is 1100. The molecule has 2 aliphatic heterocycles. The number of non-ortho nitro benzene ring substituents is 1. The van der Waals surface area contributed by atoms with E-state index in [0.717, 1.165) is 16.0 Å². The van der Waals surface area contributed by atoms with Crippen molar-refractivity contribution in [2.75, 3.05) is 32.8 Å². The molecule has 0 spiro atoms. The van der Waals surface area contributed by atoms with Crippen molar-refractivity contribution in [2.24, 2.45) is 0 Å². The van der Waals surface area contributed by atoms with E-state index in [1.165, 1.54) is 25.3 Å². The molecule has 0 aliphatic carbocycles. The third-order valence-corrected chi connectivity index (χ3v) is 5.93. The summed E-state index contributed by atoms with van der Waals surface area (Å²) in [4.78, 5) is 39.6. The van der Waals surface area contributed by atoms with Crippen LogP contribution in [0.5, 0.6) is 17.2 Å². The largest absolute Gasteiger partial charge is 0.494 e. The van der Waals surface area contributed by atoms with Gasteiger partial charge >= 0.3 is 0 Å². The number of benzene rings is 2. The van der Waals surface area contributed by atoms with Crippen LogP contribution in [0.4, 0.5) is 11.4 Å². The summed E-state index contributed by atoms with van der Waals surface area (Å²) in [5.74, 6) is 0.626. The van der Waals surface area contributed by atoms with Crippen LogP contribution in [0, 0.1) is 10.1 Å². The Morgan fingerprint density at radius 2 is 1.62 bits per heavy atom. The van der Waals surface area contributed by atoms with Gasteiger partial charge in [0.05, 0.1) is 50.5 Å². The molecule has 1 unspecified atom stereocenters. The van der Waals surface area contributed by atoms with Crippen LogP contribution in [-0.2, 0) is 22.6 Å². The summed E-state index contributed by atoms with van der Waals surface area (Å²) in [6.45, 7) is 1.10. The number of carbonyl (C=O) groups excluding carboxylic acids is 2. The molecule has 2 aromatic rings. The molecule has 168 valence electrons. The van der Waals surface area contributed by atoms with E-state index in [1.54, 1.807) is 14.2 Å². The summed E-state index contributed by atoms with van der Waals surface area (Å²) in [7, 11) is 4.50. The summed E-state index contributed by atoms with van der Waals surface area (Å²) < 4.78 is 16.0. The average molecular weight is 441 g/mol. The van der Waals surface area contributed by atoms with Crippen molar-refractivity contribution in [1.29, 1.82) is 0 Å². The Morgan fingerprint density at radius 3 is 2.25 bits per heavy atom. The monoisotopic (exact) mass is 441 g/mol. The lowest BCUT2D eigenvalue weighted by Gasteiger charge is -2.32. The van der Waals surface area contributed by atoms with Crippen LogP contribution in [0.15, 0.2) is 30.3 Å². The van der Waals surface area contributed by atoms with E-state index in [2.05, 4.69) is 0 Å². The molecule has 0 bridgehead atoms. The van der Waals surface area contributed by atoms with E-state index in [9.17, 15) is 19.7 Å². The molecule has 0 radical (unpaired) electrons. The number of imide groups is 1. The van der Waals surface area contributed by atoms with Crippen LogP contribution in [0.1, 0.15) is 17.5 Å². The predicted molar refractivity (Wildman–Crippen MR) is 114 cm³/mol. The normalized spacial score (nSPS) is 18.5. The molecule has 2 amide bonds. The number of carbonyl (C=O) groups is 2. The molecular formula is C22H23N3O7. The van der Waals surface area contributed by atoms with Gasteiger partial charge in [-0.2, -0.15) is 0 Å². The highest BCUT2D eigenvalue weighted by atomic mass is 16.6. The predicted octanol–water partition coefficient (Wildman–Crippen LogP) is 2.31. The summed E-state index contributed by atoms with van der Waals surface area (Å²) in [6.07, 6.45) is 0.732. The highest BCUT2D eigenvalue weighted by Crippen LogP contribution is 2.38. The van der Waals surface area contributed by atoms with Gasteiger partial charge in [-0.1, -0.05) is 0 Å². The van der Waals surface area contributed by atoms with Crippen LogP contribution in [0.3, 0.4) is 0 Å². The molecular weight excluding hydrogens is 418 g/mol. The Balaban J connectivity index is 1.60. The zero-order valence-electron chi connectivity index (χ0n) is 18.0. The van der Waals surface area contributed by atoms with E-state index in [-0.39, 0.29) is 35.4 Å². The number of hydrogen-bond acceptors (Lipinski definition) is 8. The number of methoxy groups -OCH3 is 3. The second-order valence-electron chi connectivity index (χ2n) is 7.60. The molecule has 2 heterocycles. The fraction of sp³-hybridized carbons (Fsp3) is 0.364. The summed E-state index contributed by atoms with van der Waals surface area (Å²) in [6, 6.07) is 7.06. The van der Waals surface area contributed by atoms with Gasteiger partial charge in [0.25, 0.3) is 11.6 Å². The van der Waals surface area contributed by atoms with Gasteiger partial charge in [-0.3, -0.25) is 24.6 Å². The van der Waals surface area contributed by atoms with Gasteiger partial charge < -0.3 is 14.2 Å². The number of hydrogen-bond donors (Lipinski definition) is 0. The van der Waals surface area contributed by atoms with Crippen molar-refractivity contribution in [3.63, 3.8) is 0 Å². The standard InChI is InChI=1S/C22H23N3O7/c1-30-18-10-15(25(28)29)4-5-16(18)24-21(26)11-17(22(24)27)23-7-6-13-8-19(31-2)20(32-3)9-14(13)12-23/h4-5,8-10,17H,6-7,11-12H2,1-3H3. The van der Waals surface area contributed by atoms with Gasteiger partial charge in [-0.25, -0.2) is 4.90 Å². The molecule has 10 nitrogen and oxygen atoms in total. The van der Waals surface area contributed by atoms with E-state index in [4.69, 9.17) is 14.2 Å². The first-order valence-corrected chi connectivity index (χ1v) is 10.0. The summed E-state index contributed by atoms with van der Waals surface area (Å²) in [5.41, 5.74) is 2.16. The third-order valence-electron chi connectivity index (χ3n) is 5.93. The first-order chi connectivity index (χ1) is 15.4. The van der Waals surface area contributed by atoms with Crippen molar-refractivity contribution in [3.8, 4) is 17.2 Å². The van der Waals surface area contributed by atoms with Crippen molar-refractivity contribution in [3.05, 3.63) is 51.6 Å². The van der Waals surface area contributed by atoms with Crippen LogP contribution in [-0.4, -0.2) is 55.6 Å². The highest BCUT2D eigenvalue weighted by molar-refractivity contribution is 6.23. The van der Waals surface area contributed by atoms with Gasteiger partial charge in [0, 0.05) is 19.2 Å².